The van der Waals surface area contributed by atoms with Gasteiger partial charge in [0.15, 0.2) is 0 Å². The Morgan fingerprint density at radius 1 is 1.42 bits per heavy atom. The SMILES string of the molecule is COc1ccccc1[C@@H](O)CO. The number of rotatable bonds is 3. The number of aliphatic hydroxyl groups is 2. The first-order valence-corrected chi connectivity index (χ1v) is 3.71. The molecular weight excluding hydrogens is 156 g/mol. The molecule has 0 radical (unpaired) electrons. The van der Waals surface area contributed by atoms with Gasteiger partial charge in [0, 0.05) is 5.56 Å². The quantitative estimate of drug-likeness (QED) is 0.699. The zero-order chi connectivity index (χ0) is 8.97. The van der Waals surface area contributed by atoms with Crippen LogP contribution in [0.5, 0.6) is 5.75 Å². The Labute approximate surface area is 71.2 Å². The molecule has 0 fully saturated rings. The summed E-state index contributed by atoms with van der Waals surface area (Å²) in [5.74, 6) is 0.596. The first-order chi connectivity index (χ1) is 5.79. The molecule has 0 saturated heterocycles. The highest BCUT2D eigenvalue weighted by atomic mass is 16.5. The first-order valence-electron chi connectivity index (χ1n) is 3.71. The fourth-order valence-corrected chi connectivity index (χ4v) is 1.04. The van der Waals surface area contributed by atoms with Crippen LogP contribution in [0.25, 0.3) is 0 Å². The Morgan fingerprint density at radius 3 is 2.67 bits per heavy atom. The van der Waals surface area contributed by atoms with Crippen molar-refractivity contribution in [3.63, 3.8) is 0 Å². The molecule has 0 amide bonds. The molecule has 0 unspecified atom stereocenters. The number of ether oxygens (including phenoxy) is 1. The van der Waals surface area contributed by atoms with Crippen molar-refractivity contribution >= 4 is 0 Å². The van der Waals surface area contributed by atoms with E-state index in [-0.39, 0.29) is 6.61 Å². The summed E-state index contributed by atoms with van der Waals surface area (Å²) in [6.45, 7) is -0.291. The van der Waals surface area contributed by atoms with Crippen molar-refractivity contribution in [1.29, 1.82) is 0 Å². The maximum Gasteiger partial charge on any atom is 0.124 e. The Kier molecular flexibility index (Phi) is 3.08. The van der Waals surface area contributed by atoms with E-state index in [9.17, 15) is 5.11 Å². The summed E-state index contributed by atoms with van der Waals surface area (Å²) in [5.41, 5.74) is 0.613. The first kappa shape index (κ1) is 9.03. The minimum atomic E-state index is -0.860. The number of hydrogen-bond acceptors (Lipinski definition) is 3. The smallest absolute Gasteiger partial charge is 0.124 e. The van der Waals surface area contributed by atoms with Crippen LogP contribution in [0, 0.1) is 0 Å². The van der Waals surface area contributed by atoms with Crippen molar-refractivity contribution < 1.29 is 14.9 Å². The van der Waals surface area contributed by atoms with E-state index in [1.165, 1.54) is 7.11 Å². The molecule has 0 heterocycles. The van der Waals surface area contributed by atoms with E-state index in [1.807, 2.05) is 6.07 Å². The molecule has 3 heteroatoms. The van der Waals surface area contributed by atoms with E-state index in [4.69, 9.17) is 9.84 Å². The average Bonchev–Trinajstić information content (AvgIpc) is 2.16. The molecule has 1 aromatic rings. The molecule has 0 aromatic heterocycles. The van der Waals surface area contributed by atoms with Gasteiger partial charge >= 0.3 is 0 Å². The summed E-state index contributed by atoms with van der Waals surface area (Å²) in [6, 6.07) is 7.07. The van der Waals surface area contributed by atoms with E-state index in [0.717, 1.165) is 0 Å². The van der Waals surface area contributed by atoms with Gasteiger partial charge in [-0.1, -0.05) is 18.2 Å². The zero-order valence-electron chi connectivity index (χ0n) is 6.90. The monoisotopic (exact) mass is 168 g/mol. The third kappa shape index (κ3) is 1.75. The fourth-order valence-electron chi connectivity index (χ4n) is 1.04. The van der Waals surface area contributed by atoms with Crippen LogP contribution in [0.3, 0.4) is 0 Å². The van der Waals surface area contributed by atoms with Crippen molar-refractivity contribution in [2.75, 3.05) is 13.7 Å². The molecule has 3 nitrogen and oxygen atoms in total. The Bertz CT molecular complexity index is 247. The number of hydrogen-bond donors (Lipinski definition) is 2. The number of methoxy groups -OCH3 is 1. The summed E-state index contributed by atoms with van der Waals surface area (Å²) < 4.78 is 5.00. The standard InChI is InChI=1S/C9H12O3/c1-12-9-5-3-2-4-7(9)8(11)6-10/h2-5,8,10-11H,6H2,1H3/t8-/m0/s1. The van der Waals surface area contributed by atoms with Crippen molar-refractivity contribution in [3.8, 4) is 5.75 Å². The van der Waals surface area contributed by atoms with Gasteiger partial charge in [0.25, 0.3) is 0 Å². The maximum atomic E-state index is 9.31. The normalized spacial score (nSPS) is 12.6. The van der Waals surface area contributed by atoms with Crippen LogP contribution < -0.4 is 4.74 Å². The van der Waals surface area contributed by atoms with Crippen molar-refractivity contribution in [2.45, 2.75) is 6.10 Å². The minimum absolute atomic E-state index is 0.291. The summed E-state index contributed by atoms with van der Waals surface area (Å²) in [5, 5.41) is 18.0. The number of aliphatic hydroxyl groups excluding tert-OH is 2. The van der Waals surface area contributed by atoms with Gasteiger partial charge in [0.1, 0.15) is 11.9 Å². The summed E-state index contributed by atoms with van der Waals surface area (Å²) in [6.07, 6.45) is -0.860. The third-order valence-corrected chi connectivity index (χ3v) is 1.67. The molecule has 0 aliphatic rings. The lowest BCUT2D eigenvalue weighted by atomic mass is 10.1. The molecule has 0 aliphatic carbocycles. The average molecular weight is 168 g/mol. The van der Waals surface area contributed by atoms with Crippen LogP contribution in [0.4, 0.5) is 0 Å². The molecule has 0 spiro atoms. The van der Waals surface area contributed by atoms with Gasteiger partial charge in [-0.2, -0.15) is 0 Å². The number of para-hydroxylation sites is 1. The second kappa shape index (κ2) is 4.09. The van der Waals surface area contributed by atoms with E-state index < -0.39 is 6.10 Å². The predicted octanol–water partition coefficient (Wildman–Crippen LogP) is 0.721. The van der Waals surface area contributed by atoms with Gasteiger partial charge in [-0.25, -0.2) is 0 Å². The molecule has 1 atom stereocenters. The third-order valence-electron chi connectivity index (χ3n) is 1.67. The highest BCUT2D eigenvalue weighted by Gasteiger charge is 2.10. The molecule has 2 N–H and O–H groups in total. The highest BCUT2D eigenvalue weighted by Crippen LogP contribution is 2.23. The molecule has 1 aromatic carbocycles. The van der Waals surface area contributed by atoms with E-state index in [0.29, 0.717) is 11.3 Å². The number of benzene rings is 1. The van der Waals surface area contributed by atoms with Crippen LogP contribution >= 0.6 is 0 Å². The summed E-state index contributed by atoms with van der Waals surface area (Å²) >= 11 is 0. The van der Waals surface area contributed by atoms with E-state index in [2.05, 4.69) is 0 Å². The summed E-state index contributed by atoms with van der Waals surface area (Å²) in [4.78, 5) is 0. The zero-order valence-corrected chi connectivity index (χ0v) is 6.90. The molecule has 66 valence electrons. The molecule has 0 saturated carbocycles. The van der Waals surface area contributed by atoms with Gasteiger partial charge < -0.3 is 14.9 Å². The largest absolute Gasteiger partial charge is 0.496 e. The van der Waals surface area contributed by atoms with Crippen LogP contribution in [0.15, 0.2) is 24.3 Å². The van der Waals surface area contributed by atoms with Gasteiger partial charge in [-0.15, -0.1) is 0 Å². The van der Waals surface area contributed by atoms with Gasteiger partial charge in [0.2, 0.25) is 0 Å². The van der Waals surface area contributed by atoms with Crippen molar-refractivity contribution in [2.24, 2.45) is 0 Å². The van der Waals surface area contributed by atoms with Crippen LogP contribution in [0.1, 0.15) is 11.7 Å². The van der Waals surface area contributed by atoms with Gasteiger partial charge in [0.05, 0.1) is 13.7 Å². The summed E-state index contributed by atoms with van der Waals surface area (Å²) in [7, 11) is 1.53. The molecular formula is C9H12O3. The Morgan fingerprint density at radius 2 is 2.08 bits per heavy atom. The lowest BCUT2D eigenvalue weighted by molar-refractivity contribution is 0.0933. The molecule has 0 bridgehead atoms. The van der Waals surface area contributed by atoms with Crippen molar-refractivity contribution in [3.05, 3.63) is 29.8 Å². The Hall–Kier alpha value is -1.06. The van der Waals surface area contributed by atoms with E-state index in [1.54, 1.807) is 18.2 Å². The van der Waals surface area contributed by atoms with Crippen LogP contribution in [0.2, 0.25) is 0 Å². The van der Waals surface area contributed by atoms with Gasteiger partial charge in [-0.3, -0.25) is 0 Å². The lowest BCUT2D eigenvalue weighted by Crippen LogP contribution is -2.04. The molecule has 0 aliphatic heterocycles. The lowest BCUT2D eigenvalue weighted by Gasteiger charge is -2.11. The fraction of sp³-hybridized carbons (Fsp3) is 0.333. The van der Waals surface area contributed by atoms with Crippen LogP contribution in [-0.4, -0.2) is 23.9 Å². The van der Waals surface area contributed by atoms with Gasteiger partial charge in [-0.05, 0) is 6.07 Å². The van der Waals surface area contributed by atoms with Crippen molar-refractivity contribution in [1.82, 2.24) is 0 Å². The molecule has 12 heavy (non-hydrogen) atoms. The van der Waals surface area contributed by atoms with E-state index >= 15 is 0 Å². The minimum Gasteiger partial charge on any atom is -0.496 e. The predicted molar refractivity (Wildman–Crippen MR) is 45.0 cm³/mol. The molecule has 1 rings (SSSR count). The Balaban J connectivity index is 2.96. The highest BCUT2D eigenvalue weighted by molar-refractivity contribution is 5.34. The maximum absolute atomic E-state index is 9.31. The second-order valence-corrected chi connectivity index (χ2v) is 2.44. The second-order valence-electron chi connectivity index (χ2n) is 2.44. The topological polar surface area (TPSA) is 49.7 Å². The van der Waals surface area contributed by atoms with Crippen LogP contribution in [-0.2, 0) is 0 Å².